The summed E-state index contributed by atoms with van der Waals surface area (Å²) in [6, 6.07) is 9.20. The molecule has 0 atom stereocenters. The minimum Gasteiger partial charge on any atom is -0.481 e. The van der Waals surface area contributed by atoms with Crippen LogP contribution in [0, 0.1) is 11.3 Å². The predicted molar refractivity (Wildman–Crippen MR) is 75.6 cm³/mol. The molecule has 0 aliphatic rings. The Labute approximate surface area is 121 Å². The van der Waals surface area contributed by atoms with Crippen molar-refractivity contribution in [1.29, 1.82) is 5.26 Å². The van der Waals surface area contributed by atoms with Crippen molar-refractivity contribution >= 4 is 23.2 Å². The molecule has 1 aromatic carbocycles. The summed E-state index contributed by atoms with van der Waals surface area (Å²) >= 11 is 12.3. The normalized spacial score (nSPS) is 10.0. The second-order valence-corrected chi connectivity index (χ2v) is 4.64. The summed E-state index contributed by atoms with van der Waals surface area (Å²) in [4.78, 5) is 4.18. The van der Waals surface area contributed by atoms with E-state index in [2.05, 4.69) is 11.1 Å². The Morgan fingerprint density at radius 2 is 2.00 bits per heavy atom. The number of rotatable bonds is 3. The Bertz CT molecular complexity index is 630. The van der Waals surface area contributed by atoms with Crippen LogP contribution in [0.4, 0.5) is 0 Å². The van der Waals surface area contributed by atoms with Crippen molar-refractivity contribution < 1.29 is 4.74 Å². The number of nitrogens with zero attached hydrogens (tertiary/aromatic N) is 2. The molecule has 0 radical (unpaired) electrons. The number of halogens is 2. The van der Waals surface area contributed by atoms with Gasteiger partial charge in [0, 0.05) is 32.9 Å². The van der Waals surface area contributed by atoms with E-state index in [9.17, 15) is 0 Å². The van der Waals surface area contributed by atoms with Crippen molar-refractivity contribution in [3.05, 3.63) is 46.1 Å². The maximum absolute atomic E-state index is 8.82. The molecule has 96 valence electrons. The van der Waals surface area contributed by atoms with Crippen LogP contribution in [0.15, 0.2) is 30.5 Å². The van der Waals surface area contributed by atoms with Crippen LogP contribution < -0.4 is 4.74 Å². The zero-order chi connectivity index (χ0) is 13.8. The molecule has 0 aliphatic carbocycles. The number of ether oxygens (including phenoxy) is 1. The van der Waals surface area contributed by atoms with Crippen molar-refractivity contribution in [2.75, 3.05) is 7.11 Å². The van der Waals surface area contributed by atoms with E-state index in [-0.39, 0.29) is 6.42 Å². The summed E-state index contributed by atoms with van der Waals surface area (Å²) in [7, 11) is 1.52. The van der Waals surface area contributed by atoms with Gasteiger partial charge in [0.2, 0.25) is 5.88 Å². The van der Waals surface area contributed by atoms with Gasteiger partial charge in [0.25, 0.3) is 0 Å². The Balaban J connectivity index is 2.58. The number of hydrogen-bond donors (Lipinski definition) is 0. The van der Waals surface area contributed by atoms with Gasteiger partial charge in [-0.1, -0.05) is 29.3 Å². The summed E-state index contributed by atoms with van der Waals surface area (Å²) in [5.41, 5.74) is 2.18. The van der Waals surface area contributed by atoms with Gasteiger partial charge in [0.1, 0.15) is 0 Å². The van der Waals surface area contributed by atoms with Crippen molar-refractivity contribution in [3.8, 4) is 23.1 Å². The molecule has 19 heavy (non-hydrogen) atoms. The first-order valence-corrected chi connectivity index (χ1v) is 6.27. The molecule has 3 nitrogen and oxygen atoms in total. The van der Waals surface area contributed by atoms with E-state index in [0.29, 0.717) is 27.1 Å². The van der Waals surface area contributed by atoms with Gasteiger partial charge in [0.05, 0.1) is 19.6 Å². The molecule has 1 heterocycles. The molecule has 2 aromatic rings. The zero-order valence-corrected chi connectivity index (χ0v) is 11.7. The van der Waals surface area contributed by atoms with Crippen LogP contribution in [0.5, 0.6) is 5.88 Å². The molecule has 1 aromatic heterocycles. The van der Waals surface area contributed by atoms with Gasteiger partial charge in [-0.05, 0) is 18.2 Å². The highest BCUT2D eigenvalue weighted by atomic mass is 35.5. The number of benzene rings is 1. The summed E-state index contributed by atoms with van der Waals surface area (Å²) in [6.07, 6.45) is 1.85. The lowest BCUT2D eigenvalue weighted by Gasteiger charge is -2.10. The minimum absolute atomic E-state index is 0.214. The smallest absolute Gasteiger partial charge is 0.217 e. The van der Waals surface area contributed by atoms with E-state index >= 15 is 0 Å². The van der Waals surface area contributed by atoms with Crippen LogP contribution in [-0.2, 0) is 6.42 Å². The Morgan fingerprint density at radius 1 is 1.32 bits per heavy atom. The van der Waals surface area contributed by atoms with Gasteiger partial charge >= 0.3 is 0 Å². The summed E-state index contributed by atoms with van der Waals surface area (Å²) in [5, 5.41) is 9.91. The van der Waals surface area contributed by atoms with E-state index in [4.69, 9.17) is 33.2 Å². The highest BCUT2D eigenvalue weighted by molar-refractivity contribution is 6.39. The van der Waals surface area contributed by atoms with Crippen LogP contribution in [0.3, 0.4) is 0 Å². The van der Waals surface area contributed by atoms with E-state index in [1.54, 1.807) is 24.4 Å². The third-order valence-corrected chi connectivity index (χ3v) is 3.27. The largest absolute Gasteiger partial charge is 0.481 e. The van der Waals surface area contributed by atoms with E-state index in [0.717, 1.165) is 5.56 Å². The lowest BCUT2D eigenvalue weighted by Crippen LogP contribution is -1.95. The first-order valence-electron chi connectivity index (χ1n) is 5.51. The van der Waals surface area contributed by atoms with Gasteiger partial charge in [0.15, 0.2) is 0 Å². The topological polar surface area (TPSA) is 45.9 Å². The van der Waals surface area contributed by atoms with Gasteiger partial charge in [-0.2, -0.15) is 5.26 Å². The molecular formula is C14H10Cl2N2O. The lowest BCUT2D eigenvalue weighted by molar-refractivity contribution is 0.394. The third kappa shape index (κ3) is 2.81. The zero-order valence-electron chi connectivity index (χ0n) is 10.2. The Hall–Kier alpha value is -1.76. The van der Waals surface area contributed by atoms with Crippen LogP contribution in [0.1, 0.15) is 5.56 Å². The molecule has 0 fully saturated rings. The van der Waals surface area contributed by atoms with Crippen LogP contribution >= 0.6 is 23.2 Å². The molecule has 0 unspecified atom stereocenters. The third-order valence-electron chi connectivity index (χ3n) is 2.64. The molecule has 0 aliphatic heterocycles. The van der Waals surface area contributed by atoms with Gasteiger partial charge < -0.3 is 4.74 Å². The number of nitriles is 1. The van der Waals surface area contributed by atoms with Crippen molar-refractivity contribution in [2.24, 2.45) is 0 Å². The monoisotopic (exact) mass is 292 g/mol. The maximum Gasteiger partial charge on any atom is 0.217 e. The van der Waals surface area contributed by atoms with E-state index in [1.807, 2.05) is 6.07 Å². The SMILES string of the molecule is COc1ncc(-c2c(Cl)cccc2Cl)cc1CC#N. The lowest BCUT2D eigenvalue weighted by atomic mass is 10.0. The van der Waals surface area contributed by atoms with Crippen LogP contribution in [-0.4, -0.2) is 12.1 Å². The number of pyridine rings is 1. The summed E-state index contributed by atoms with van der Waals surface area (Å²) in [6.45, 7) is 0. The van der Waals surface area contributed by atoms with Gasteiger partial charge in [-0.3, -0.25) is 0 Å². The minimum atomic E-state index is 0.214. The quantitative estimate of drug-likeness (QED) is 0.854. The van der Waals surface area contributed by atoms with Gasteiger partial charge in [-0.15, -0.1) is 0 Å². The highest BCUT2D eigenvalue weighted by Gasteiger charge is 2.12. The second-order valence-electron chi connectivity index (χ2n) is 3.82. The van der Waals surface area contributed by atoms with Crippen molar-refractivity contribution in [2.45, 2.75) is 6.42 Å². The van der Waals surface area contributed by atoms with Crippen molar-refractivity contribution in [1.82, 2.24) is 4.98 Å². The Kier molecular flexibility index (Phi) is 4.26. The van der Waals surface area contributed by atoms with E-state index < -0.39 is 0 Å². The average Bonchev–Trinajstić information content (AvgIpc) is 2.39. The highest BCUT2D eigenvalue weighted by Crippen LogP contribution is 2.35. The molecule has 0 N–H and O–H groups in total. The molecule has 0 saturated heterocycles. The summed E-state index contributed by atoms with van der Waals surface area (Å²) < 4.78 is 5.12. The van der Waals surface area contributed by atoms with Crippen LogP contribution in [0.2, 0.25) is 10.0 Å². The number of aromatic nitrogens is 1. The molecule has 0 amide bonds. The molecule has 0 spiro atoms. The second kappa shape index (κ2) is 5.92. The Morgan fingerprint density at radius 3 is 2.58 bits per heavy atom. The first-order chi connectivity index (χ1) is 9.17. The number of hydrogen-bond acceptors (Lipinski definition) is 3. The fraction of sp³-hybridized carbons (Fsp3) is 0.143. The fourth-order valence-electron chi connectivity index (χ4n) is 1.80. The molecule has 0 bridgehead atoms. The average molecular weight is 293 g/mol. The summed E-state index contributed by atoms with van der Waals surface area (Å²) in [5.74, 6) is 0.438. The fourth-order valence-corrected chi connectivity index (χ4v) is 2.42. The molecular weight excluding hydrogens is 283 g/mol. The predicted octanol–water partition coefficient (Wildman–Crippen LogP) is 4.13. The standard InChI is InChI=1S/C14H10Cl2N2O/c1-19-14-9(5-6-17)7-10(8-18-14)13-11(15)3-2-4-12(13)16/h2-4,7-8H,5H2,1H3. The molecule has 5 heteroatoms. The van der Waals surface area contributed by atoms with E-state index in [1.165, 1.54) is 7.11 Å². The maximum atomic E-state index is 8.82. The van der Waals surface area contributed by atoms with Crippen LogP contribution in [0.25, 0.3) is 11.1 Å². The van der Waals surface area contributed by atoms with Gasteiger partial charge in [-0.25, -0.2) is 4.98 Å². The molecule has 0 saturated carbocycles. The number of methoxy groups -OCH3 is 1. The van der Waals surface area contributed by atoms with Crippen molar-refractivity contribution in [3.63, 3.8) is 0 Å². The first kappa shape index (κ1) is 13.7. The molecule has 2 rings (SSSR count).